The highest BCUT2D eigenvalue weighted by Gasteiger charge is 2.11. The molecule has 0 atom stereocenters. The third-order valence-electron chi connectivity index (χ3n) is 2.73. The van der Waals surface area contributed by atoms with Gasteiger partial charge in [-0.1, -0.05) is 0 Å². The van der Waals surface area contributed by atoms with E-state index in [4.69, 9.17) is 4.74 Å². The molecule has 2 aromatic rings. The second kappa shape index (κ2) is 5.97. The molecule has 0 bridgehead atoms. The number of fused-ring (bicyclic) bond motifs is 1. The zero-order valence-electron chi connectivity index (χ0n) is 10.9. The van der Waals surface area contributed by atoms with Gasteiger partial charge in [0, 0.05) is 34.4 Å². The van der Waals surface area contributed by atoms with Crippen molar-refractivity contribution >= 4 is 33.3 Å². The summed E-state index contributed by atoms with van der Waals surface area (Å²) in [7, 11) is 5.61. The van der Waals surface area contributed by atoms with Gasteiger partial charge in [0.2, 0.25) is 5.95 Å². The Labute approximate surface area is 111 Å². The Morgan fingerprint density at radius 1 is 1.44 bits per heavy atom. The molecule has 18 heavy (non-hydrogen) atoms. The average molecular weight is 266 g/mol. The zero-order valence-corrected chi connectivity index (χ0v) is 11.8. The summed E-state index contributed by atoms with van der Waals surface area (Å²) in [6, 6.07) is 2.07. The molecule has 0 aliphatic rings. The van der Waals surface area contributed by atoms with Crippen molar-refractivity contribution in [3.8, 4) is 0 Å². The van der Waals surface area contributed by atoms with E-state index in [0.717, 1.165) is 35.6 Å². The van der Waals surface area contributed by atoms with E-state index in [9.17, 15) is 0 Å². The van der Waals surface area contributed by atoms with Gasteiger partial charge in [-0.25, -0.2) is 4.98 Å². The fourth-order valence-electron chi connectivity index (χ4n) is 1.79. The molecule has 0 aliphatic carbocycles. The van der Waals surface area contributed by atoms with Crippen LogP contribution in [-0.2, 0) is 4.74 Å². The van der Waals surface area contributed by atoms with Gasteiger partial charge in [-0.2, -0.15) is 4.98 Å². The fraction of sp³-hybridized carbons (Fsp3) is 0.500. The van der Waals surface area contributed by atoms with Crippen LogP contribution in [0, 0.1) is 0 Å². The SMILES string of the molecule is CNc1nc(N(C)CCCOC)c2ccsc2n1. The van der Waals surface area contributed by atoms with Crippen LogP contribution in [0.2, 0.25) is 0 Å². The Bertz CT molecular complexity index is 514. The highest BCUT2D eigenvalue weighted by atomic mass is 32.1. The molecule has 2 rings (SSSR count). The predicted octanol–water partition coefficient (Wildman–Crippen LogP) is 2.21. The van der Waals surface area contributed by atoms with Crippen molar-refractivity contribution in [3.63, 3.8) is 0 Å². The average Bonchev–Trinajstić information content (AvgIpc) is 2.85. The van der Waals surface area contributed by atoms with Crippen molar-refractivity contribution in [2.45, 2.75) is 6.42 Å². The molecule has 5 nitrogen and oxygen atoms in total. The lowest BCUT2D eigenvalue weighted by molar-refractivity contribution is 0.196. The van der Waals surface area contributed by atoms with Gasteiger partial charge in [0.25, 0.3) is 0 Å². The minimum atomic E-state index is 0.665. The molecule has 2 heterocycles. The number of methoxy groups -OCH3 is 1. The monoisotopic (exact) mass is 266 g/mol. The largest absolute Gasteiger partial charge is 0.385 e. The molecule has 98 valence electrons. The molecule has 1 N–H and O–H groups in total. The van der Waals surface area contributed by atoms with E-state index in [2.05, 4.69) is 33.3 Å². The van der Waals surface area contributed by atoms with Crippen LogP contribution >= 0.6 is 11.3 Å². The van der Waals surface area contributed by atoms with Gasteiger partial charge in [0.05, 0.1) is 5.39 Å². The Kier molecular flexibility index (Phi) is 4.33. The third kappa shape index (κ3) is 2.70. The van der Waals surface area contributed by atoms with Crippen LogP contribution < -0.4 is 10.2 Å². The molecule has 0 aromatic carbocycles. The molecular weight excluding hydrogens is 248 g/mol. The quantitative estimate of drug-likeness (QED) is 0.812. The van der Waals surface area contributed by atoms with Crippen LogP contribution in [0.25, 0.3) is 10.2 Å². The number of anilines is 2. The molecule has 0 unspecified atom stereocenters. The lowest BCUT2D eigenvalue weighted by Crippen LogP contribution is -2.21. The van der Waals surface area contributed by atoms with E-state index in [1.807, 2.05) is 12.4 Å². The minimum absolute atomic E-state index is 0.665. The number of hydrogen-bond acceptors (Lipinski definition) is 6. The molecular formula is C12H18N4OS. The lowest BCUT2D eigenvalue weighted by atomic mass is 10.3. The van der Waals surface area contributed by atoms with Crippen LogP contribution in [0.4, 0.5) is 11.8 Å². The van der Waals surface area contributed by atoms with Crippen molar-refractivity contribution in [1.29, 1.82) is 0 Å². The number of hydrogen-bond donors (Lipinski definition) is 1. The highest BCUT2D eigenvalue weighted by Crippen LogP contribution is 2.28. The first-order valence-corrected chi connectivity index (χ1v) is 6.77. The van der Waals surface area contributed by atoms with Gasteiger partial charge in [-0.05, 0) is 17.9 Å². The van der Waals surface area contributed by atoms with Gasteiger partial charge in [0.15, 0.2) is 0 Å². The Balaban J connectivity index is 2.27. The number of thiophene rings is 1. The molecule has 0 fully saturated rings. The van der Waals surface area contributed by atoms with E-state index in [0.29, 0.717) is 5.95 Å². The molecule has 6 heteroatoms. The lowest BCUT2D eigenvalue weighted by Gasteiger charge is -2.19. The standard InChI is InChI=1S/C12H18N4OS/c1-13-12-14-10(16(2)6-4-7-17-3)9-5-8-18-11(9)15-12/h5,8H,4,6-7H2,1-3H3,(H,13,14,15). The maximum Gasteiger partial charge on any atom is 0.225 e. The molecule has 0 radical (unpaired) electrons. The first-order valence-electron chi connectivity index (χ1n) is 5.89. The zero-order chi connectivity index (χ0) is 13.0. The molecule has 0 saturated heterocycles. The Morgan fingerprint density at radius 2 is 2.28 bits per heavy atom. The van der Waals surface area contributed by atoms with E-state index < -0.39 is 0 Å². The maximum atomic E-state index is 5.08. The summed E-state index contributed by atoms with van der Waals surface area (Å²) in [6.45, 7) is 1.68. The van der Waals surface area contributed by atoms with Gasteiger partial charge < -0.3 is 15.0 Å². The summed E-state index contributed by atoms with van der Waals surface area (Å²) in [6.07, 6.45) is 0.984. The number of rotatable bonds is 6. The molecule has 0 saturated carbocycles. The van der Waals surface area contributed by atoms with E-state index in [1.54, 1.807) is 18.4 Å². The molecule has 0 amide bonds. The number of nitrogens with zero attached hydrogens (tertiary/aromatic N) is 3. The second-order valence-corrected chi connectivity index (χ2v) is 4.92. The summed E-state index contributed by atoms with van der Waals surface area (Å²) in [5.74, 6) is 1.64. The summed E-state index contributed by atoms with van der Waals surface area (Å²) in [5.41, 5.74) is 0. The molecule has 0 aliphatic heterocycles. The number of nitrogens with one attached hydrogen (secondary N) is 1. The van der Waals surface area contributed by atoms with E-state index in [1.165, 1.54) is 0 Å². The van der Waals surface area contributed by atoms with Gasteiger partial charge in [-0.15, -0.1) is 11.3 Å². The number of aromatic nitrogens is 2. The molecule has 2 aromatic heterocycles. The second-order valence-electron chi connectivity index (χ2n) is 4.03. The summed E-state index contributed by atoms with van der Waals surface area (Å²) >= 11 is 1.63. The van der Waals surface area contributed by atoms with Gasteiger partial charge in [-0.3, -0.25) is 0 Å². The van der Waals surface area contributed by atoms with Crippen LogP contribution in [0.15, 0.2) is 11.4 Å². The maximum absolute atomic E-state index is 5.08. The van der Waals surface area contributed by atoms with Crippen molar-refractivity contribution < 1.29 is 4.74 Å². The Morgan fingerprint density at radius 3 is 3.00 bits per heavy atom. The first kappa shape index (κ1) is 13.0. The molecule has 0 spiro atoms. The highest BCUT2D eigenvalue weighted by molar-refractivity contribution is 7.16. The summed E-state index contributed by atoms with van der Waals surface area (Å²) in [4.78, 5) is 12.1. The van der Waals surface area contributed by atoms with Crippen molar-refractivity contribution in [3.05, 3.63) is 11.4 Å². The third-order valence-corrected chi connectivity index (χ3v) is 3.54. The van der Waals surface area contributed by atoms with Crippen LogP contribution in [0.5, 0.6) is 0 Å². The smallest absolute Gasteiger partial charge is 0.225 e. The summed E-state index contributed by atoms with van der Waals surface area (Å²) in [5, 5.41) is 6.16. The van der Waals surface area contributed by atoms with Crippen LogP contribution in [0.1, 0.15) is 6.42 Å². The van der Waals surface area contributed by atoms with Gasteiger partial charge >= 0.3 is 0 Å². The van der Waals surface area contributed by atoms with Crippen molar-refractivity contribution in [2.24, 2.45) is 0 Å². The van der Waals surface area contributed by atoms with Crippen LogP contribution in [-0.4, -0.2) is 44.3 Å². The first-order chi connectivity index (χ1) is 8.76. The normalized spacial score (nSPS) is 10.8. The Hall–Kier alpha value is -1.40. The van der Waals surface area contributed by atoms with E-state index in [-0.39, 0.29) is 0 Å². The number of ether oxygens (including phenoxy) is 1. The van der Waals surface area contributed by atoms with Crippen LogP contribution in [0.3, 0.4) is 0 Å². The fourth-order valence-corrected chi connectivity index (χ4v) is 2.55. The summed E-state index contributed by atoms with van der Waals surface area (Å²) < 4.78 is 5.08. The minimum Gasteiger partial charge on any atom is -0.385 e. The van der Waals surface area contributed by atoms with Gasteiger partial charge in [0.1, 0.15) is 10.6 Å². The predicted molar refractivity (Wildman–Crippen MR) is 76.7 cm³/mol. The van der Waals surface area contributed by atoms with Crippen molar-refractivity contribution in [2.75, 3.05) is 44.6 Å². The topological polar surface area (TPSA) is 50.3 Å². The van der Waals surface area contributed by atoms with E-state index >= 15 is 0 Å². The van der Waals surface area contributed by atoms with Crippen molar-refractivity contribution in [1.82, 2.24) is 9.97 Å².